The van der Waals surface area contributed by atoms with Crippen LogP contribution in [-0.2, 0) is 6.42 Å². The van der Waals surface area contributed by atoms with Crippen molar-refractivity contribution < 1.29 is 9.53 Å². The fraction of sp³-hybridized carbons (Fsp3) is 0.125. The molecule has 3 nitrogen and oxygen atoms in total. The van der Waals surface area contributed by atoms with Crippen molar-refractivity contribution in [2.45, 2.75) is 13.3 Å². The van der Waals surface area contributed by atoms with Crippen LogP contribution in [0.2, 0.25) is 5.02 Å². The molecule has 0 amide bonds. The number of rotatable bonds is 4. The second-order valence-corrected chi connectivity index (χ2v) is 4.60. The Balaban J connectivity index is 2.32. The zero-order valence-corrected chi connectivity index (χ0v) is 11.6. The van der Waals surface area contributed by atoms with Gasteiger partial charge in [-0.1, -0.05) is 24.6 Å². The molecule has 20 heavy (non-hydrogen) atoms. The summed E-state index contributed by atoms with van der Waals surface area (Å²) in [6.45, 7) is 2.02. The number of halogens is 1. The van der Waals surface area contributed by atoms with E-state index in [9.17, 15) is 4.79 Å². The van der Waals surface area contributed by atoms with Gasteiger partial charge in [0.2, 0.25) is 0 Å². The van der Waals surface area contributed by atoms with Crippen molar-refractivity contribution >= 4 is 17.9 Å². The molecular formula is C16H12ClNO2. The molecule has 0 N–H and O–H groups in total. The predicted octanol–water partition coefficient (Wildman–Crippen LogP) is 4.38. The highest BCUT2D eigenvalue weighted by Crippen LogP contribution is 2.29. The Hall–Kier alpha value is -2.31. The molecule has 0 aliphatic heterocycles. The third kappa shape index (κ3) is 2.98. The van der Waals surface area contributed by atoms with Crippen LogP contribution in [0.15, 0.2) is 36.4 Å². The van der Waals surface area contributed by atoms with E-state index in [2.05, 4.69) is 0 Å². The monoisotopic (exact) mass is 285 g/mol. The van der Waals surface area contributed by atoms with Crippen LogP contribution in [0.3, 0.4) is 0 Å². The lowest BCUT2D eigenvalue weighted by molar-refractivity contribution is 0.112. The largest absolute Gasteiger partial charge is 0.456 e. The summed E-state index contributed by atoms with van der Waals surface area (Å²) in [4.78, 5) is 10.7. The SMILES string of the molecule is CCc1ccc(Oc2ccc(C=O)cc2C#N)cc1Cl. The van der Waals surface area contributed by atoms with Gasteiger partial charge in [0.05, 0.1) is 5.56 Å². The molecular weight excluding hydrogens is 274 g/mol. The van der Waals surface area contributed by atoms with Crippen molar-refractivity contribution in [3.05, 3.63) is 58.1 Å². The van der Waals surface area contributed by atoms with Crippen LogP contribution >= 0.6 is 11.6 Å². The fourth-order valence-corrected chi connectivity index (χ4v) is 2.11. The third-order valence-electron chi connectivity index (χ3n) is 2.89. The maximum Gasteiger partial charge on any atom is 0.150 e. The second kappa shape index (κ2) is 6.23. The number of aldehydes is 1. The zero-order valence-electron chi connectivity index (χ0n) is 10.9. The molecule has 0 fully saturated rings. The molecule has 0 heterocycles. The van der Waals surface area contributed by atoms with Crippen LogP contribution in [0.5, 0.6) is 11.5 Å². The van der Waals surface area contributed by atoms with Crippen LogP contribution < -0.4 is 4.74 Å². The molecule has 0 saturated carbocycles. The molecule has 0 saturated heterocycles. The average molecular weight is 286 g/mol. The number of hydrogen-bond donors (Lipinski definition) is 0. The van der Waals surface area contributed by atoms with Gasteiger partial charge in [-0.2, -0.15) is 5.26 Å². The van der Waals surface area contributed by atoms with E-state index in [1.54, 1.807) is 24.3 Å². The van der Waals surface area contributed by atoms with Gasteiger partial charge in [0.15, 0.2) is 0 Å². The van der Waals surface area contributed by atoms with E-state index in [1.165, 1.54) is 6.07 Å². The van der Waals surface area contributed by atoms with Crippen LogP contribution in [0, 0.1) is 11.3 Å². The summed E-state index contributed by atoms with van der Waals surface area (Å²) < 4.78 is 5.66. The van der Waals surface area contributed by atoms with Gasteiger partial charge in [-0.3, -0.25) is 4.79 Å². The molecule has 4 heteroatoms. The Bertz CT molecular complexity index is 689. The molecule has 0 atom stereocenters. The lowest BCUT2D eigenvalue weighted by atomic mass is 10.1. The highest BCUT2D eigenvalue weighted by molar-refractivity contribution is 6.31. The Labute approximate surface area is 122 Å². The van der Waals surface area contributed by atoms with E-state index in [0.717, 1.165) is 12.0 Å². The number of ether oxygens (including phenoxy) is 1. The van der Waals surface area contributed by atoms with Gasteiger partial charge in [0, 0.05) is 10.6 Å². The van der Waals surface area contributed by atoms with Gasteiger partial charge in [0.1, 0.15) is 23.9 Å². The topological polar surface area (TPSA) is 50.1 Å². The van der Waals surface area contributed by atoms with Crippen molar-refractivity contribution in [3.8, 4) is 17.6 Å². The lowest BCUT2D eigenvalue weighted by Crippen LogP contribution is -1.91. The van der Waals surface area contributed by atoms with E-state index < -0.39 is 0 Å². The van der Waals surface area contributed by atoms with Gasteiger partial charge >= 0.3 is 0 Å². The average Bonchev–Trinajstić information content (AvgIpc) is 2.48. The molecule has 0 aliphatic carbocycles. The number of benzene rings is 2. The van der Waals surface area contributed by atoms with Crippen molar-refractivity contribution in [2.75, 3.05) is 0 Å². The molecule has 0 spiro atoms. The van der Waals surface area contributed by atoms with E-state index in [1.807, 2.05) is 19.1 Å². The predicted molar refractivity (Wildman–Crippen MR) is 77.4 cm³/mol. The van der Waals surface area contributed by atoms with E-state index in [-0.39, 0.29) is 0 Å². The first kappa shape index (κ1) is 14.1. The Morgan fingerprint density at radius 3 is 2.70 bits per heavy atom. The smallest absolute Gasteiger partial charge is 0.150 e. The summed E-state index contributed by atoms with van der Waals surface area (Å²) in [6.07, 6.45) is 1.54. The number of nitriles is 1. The summed E-state index contributed by atoms with van der Waals surface area (Å²) in [5, 5.41) is 9.71. The Kier molecular flexibility index (Phi) is 4.39. The van der Waals surface area contributed by atoms with E-state index in [4.69, 9.17) is 21.6 Å². The van der Waals surface area contributed by atoms with Crippen LogP contribution in [-0.4, -0.2) is 6.29 Å². The van der Waals surface area contributed by atoms with Gasteiger partial charge < -0.3 is 4.74 Å². The molecule has 0 aliphatic rings. The van der Waals surface area contributed by atoms with Crippen molar-refractivity contribution in [2.24, 2.45) is 0 Å². The maximum atomic E-state index is 10.7. The molecule has 0 radical (unpaired) electrons. The van der Waals surface area contributed by atoms with E-state index in [0.29, 0.717) is 33.9 Å². The summed E-state index contributed by atoms with van der Waals surface area (Å²) in [5.74, 6) is 0.959. The number of aryl methyl sites for hydroxylation is 1. The van der Waals surface area contributed by atoms with Crippen molar-refractivity contribution in [1.29, 1.82) is 5.26 Å². The molecule has 100 valence electrons. The van der Waals surface area contributed by atoms with Crippen molar-refractivity contribution in [1.82, 2.24) is 0 Å². The zero-order chi connectivity index (χ0) is 14.5. The molecule has 2 aromatic carbocycles. The summed E-state index contributed by atoms with van der Waals surface area (Å²) in [5.41, 5.74) is 1.79. The molecule has 2 rings (SSSR count). The Morgan fingerprint density at radius 2 is 2.10 bits per heavy atom. The van der Waals surface area contributed by atoms with Crippen LogP contribution in [0.4, 0.5) is 0 Å². The first-order valence-corrected chi connectivity index (χ1v) is 6.51. The number of carbonyl (C=O) groups excluding carboxylic acids is 1. The highest BCUT2D eigenvalue weighted by atomic mass is 35.5. The first-order valence-electron chi connectivity index (χ1n) is 6.13. The maximum absolute atomic E-state index is 10.7. The summed E-state index contributed by atoms with van der Waals surface area (Å²) in [6, 6.07) is 12.1. The summed E-state index contributed by atoms with van der Waals surface area (Å²) >= 11 is 6.13. The van der Waals surface area contributed by atoms with Crippen LogP contribution in [0.25, 0.3) is 0 Å². The molecule has 0 unspecified atom stereocenters. The number of nitrogens with zero attached hydrogens (tertiary/aromatic N) is 1. The summed E-state index contributed by atoms with van der Waals surface area (Å²) in [7, 11) is 0. The minimum Gasteiger partial charge on any atom is -0.456 e. The molecule has 2 aromatic rings. The van der Waals surface area contributed by atoms with Gasteiger partial charge in [0.25, 0.3) is 0 Å². The third-order valence-corrected chi connectivity index (χ3v) is 3.25. The normalized spacial score (nSPS) is 9.85. The number of hydrogen-bond acceptors (Lipinski definition) is 3. The lowest BCUT2D eigenvalue weighted by Gasteiger charge is -2.09. The molecule has 0 bridgehead atoms. The van der Waals surface area contributed by atoms with Gasteiger partial charge in [-0.25, -0.2) is 0 Å². The van der Waals surface area contributed by atoms with Crippen LogP contribution in [0.1, 0.15) is 28.4 Å². The van der Waals surface area contributed by atoms with E-state index >= 15 is 0 Å². The van der Waals surface area contributed by atoms with Gasteiger partial charge in [-0.15, -0.1) is 0 Å². The Morgan fingerprint density at radius 1 is 1.30 bits per heavy atom. The second-order valence-electron chi connectivity index (χ2n) is 4.19. The first-order chi connectivity index (χ1) is 9.67. The van der Waals surface area contributed by atoms with Crippen molar-refractivity contribution in [3.63, 3.8) is 0 Å². The number of carbonyl (C=O) groups is 1. The standard InChI is InChI=1S/C16H12ClNO2/c1-2-12-4-5-14(8-15(12)17)20-16-6-3-11(10-19)7-13(16)9-18/h3-8,10H,2H2,1H3. The highest BCUT2D eigenvalue weighted by Gasteiger charge is 2.07. The molecule has 0 aromatic heterocycles. The minimum absolute atomic E-state index is 0.310. The van der Waals surface area contributed by atoms with Gasteiger partial charge in [-0.05, 0) is 42.3 Å². The minimum atomic E-state index is 0.310. The quantitative estimate of drug-likeness (QED) is 0.783. The fourth-order valence-electron chi connectivity index (χ4n) is 1.80.